The number of amides is 1. The molecule has 1 aromatic carbocycles. The van der Waals surface area contributed by atoms with Crippen LogP contribution in [0.15, 0.2) is 42.6 Å². The Kier molecular flexibility index (Phi) is 4.48. The van der Waals surface area contributed by atoms with E-state index in [2.05, 4.69) is 21.3 Å². The lowest BCUT2D eigenvalue weighted by atomic mass is 9.92. The topological polar surface area (TPSA) is 69.0 Å². The van der Waals surface area contributed by atoms with Crippen molar-refractivity contribution in [3.8, 4) is 6.07 Å². The van der Waals surface area contributed by atoms with E-state index in [-0.39, 0.29) is 17.4 Å². The quantitative estimate of drug-likeness (QED) is 0.834. The van der Waals surface area contributed by atoms with Gasteiger partial charge in [-0.25, -0.2) is 4.98 Å². The number of benzene rings is 1. The maximum atomic E-state index is 13.1. The van der Waals surface area contributed by atoms with Gasteiger partial charge >= 0.3 is 0 Å². The highest BCUT2D eigenvalue weighted by Gasteiger charge is 2.52. The minimum atomic E-state index is -0.366. The monoisotopic (exact) mass is 406 g/mol. The number of halogens is 1. The van der Waals surface area contributed by atoms with Gasteiger partial charge in [0.1, 0.15) is 11.9 Å². The largest absolute Gasteiger partial charge is 0.352 e. The molecule has 148 valence electrons. The first kappa shape index (κ1) is 18.4. The Bertz CT molecular complexity index is 948. The van der Waals surface area contributed by atoms with Crippen LogP contribution < -0.4 is 10.2 Å². The van der Waals surface area contributed by atoms with Crippen LogP contribution in [0.5, 0.6) is 0 Å². The Balaban J connectivity index is 1.27. The molecule has 1 saturated carbocycles. The first-order valence-corrected chi connectivity index (χ1v) is 10.7. The van der Waals surface area contributed by atoms with E-state index in [0.29, 0.717) is 22.7 Å². The summed E-state index contributed by atoms with van der Waals surface area (Å²) in [7, 11) is 0. The number of hydrogen-bond donors (Lipinski definition) is 1. The molecule has 0 spiro atoms. The smallest absolute Gasteiger partial charge is 0.230 e. The maximum absolute atomic E-state index is 13.1. The molecule has 1 aliphatic carbocycles. The number of anilines is 1. The second kappa shape index (κ2) is 7.03. The molecule has 0 unspecified atom stereocenters. The van der Waals surface area contributed by atoms with E-state index in [1.807, 2.05) is 36.4 Å². The molecule has 5 nitrogen and oxygen atoms in total. The molecule has 29 heavy (non-hydrogen) atoms. The van der Waals surface area contributed by atoms with E-state index in [1.165, 1.54) is 0 Å². The zero-order valence-corrected chi connectivity index (χ0v) is 16.9. The highest BCUT2D eigenvalue weighted by Crippen LogP contribution is 2.49. The summed E-state index contributed by atoms with van der Waals surface area (Å²) in [6.45, 7) is 0. The number of carbonyl (C=O) groups excluding carboxylic acids is 1. The Morgan fingerprint density at radius 1 is 1.14 bits per heavy atom. The van der Waals surface area contributed by atoms with Crippen LogP contribution >= 0.6 is 11.6 Å². The van der Waals surface area contributed by atoms with Gasteiger partial charge in [0.25, 0.3) is 0 Å². The van der Waals surface area contributed by atoms with Crippen LogP contribution in [-0.2, 0) is 10.2 Å². The minimum absolute atomic E-state index is 0.161. The molecule has 0 radical (unpaired) electrons. The Morgan fingerprint density at radius 2 is 1.83 bits per heavy atom. The predicted molar refractivity (Wildman–Crippen MR) is 112 cm³/mol. The highest BCUT2D eigenvalue weighted by atomic mass is 35.5. The predicted octanol–water partition coefficient (Wildman–Crippen LogP) is 3.95. The summed E-state index contributed by atoms with van der Waals surface area (Å²) in [6.07, 6.45) is 7.59. The van der Waals surface area contributed by atoms with Gasteiger partial charge in [0, 0.05) is 29.3 Å². The number of carbonyl (C=O) groups is 1. The molecule has 2 bridgehead atoms. The van der Waals surface area contributed by atoms with Crippen molar-refractivity contribution in [1.29, 1.82) is 5.26 Å². The number of pyridine rings is 1. The number of piperidine rings is 1. The summed E-state index contributed by atoms with van der Waals surface area (Å²) in [4.78, 5) is 20.0. The fraction of sp³-hybridized carbons (Fsp3) is 0.435. The van der Waals surface area contributed by atoms with Crippen LogP contribution in [0.2, 0.25) is 5.02 Å². The minimum Gasteiger partial charge on any atom is -0.352 e. The molecular weight excluding hydrogens is 384 g/mol. The number of fused-ring (bicyclic) bond motifs is 2. The SMILES string of the molecule is N#Cc1ccc(N2[C@@H]3CC[C@H]2C[C@@H](NC(=O)C2(c4ccc(Cl)cc4)CC2)C3)nc1. The van der Waals surface area contributed by atoms with Crippen molar-refractivity contribution in [2.45, 2.75) is 62.1 Å². The molecule has 5 rings (SSSR count). The van der Waals surface area contributed by atoms with Crippen molar-refractivity contribution >= 4 is 23.3 Å². The molecule has 3 atom stereocenters. The molecule has 6 heteroatoms. The van der Waals surface area contributed by atoms with E-state index in [4.69, 9.17) is 16.9 Å². The molecule has 1 aromatic heterocycles. The van der Waals surface area contributed by atoms with Gasteiger partial charge in [0.15, 0.2) is 0 Å². The fourth-order valence-electron chi connectivity index (χ4n) is 5.14. The van der Waals surface area contributed by atoms with Crippen LogP contribution in [-0.4, -0.2) is 29.0 Å². The molecular formula is C23H23ClN4O. The second-order valence-electron chi connectivity index (χ2n) is 8.54. The molecule has 2 aromatic rings. The van der Waals surface area contributed by atoms with Crippen LogP contribution in [0.25, 0.3) is 0 Å². The summed E-state index contributed by atoms with van der Waals surface area (Å²) in [5, 5.41) is 13.1. The van der Waals surface area contributed by atoms with Crippen LogP contribution in [0.4, 0.5) is 5.82 Å². The molecule has 3 fully saturated rings. The third kappa shape index (κ3) is 3.26. The lowest BCUT2D eigenvalue weighted by molar-refractivity contribution is -0.124. The molecule has 3 heterocycles. The first-order chi connectivity index (χ1) is 14.1. The second-order valence-corrected chi connectivity index (χ2v) is 8.98. The van der Waals surface area contributed by atoms with Crippen LogP contribution in [0.3, 0.4) is 0 Å². The first-order valence-electron chi connectivity index (χ1n) is 10.3. The van der Waals surface area contributed by atoms with Crippen LogP contribution in [0.1, 0.15) is 49.7 Å². The number of aromatic nitrogens is 1. The van der Waals surface area contributed by atoms with E-state index in [1.54, 1.807) is 6.20 Å². The highest BCUT2D eigenvalue weighted by molar-refractivity contribution is 6.30. The van der Waals surface area contributed by atoms with Crippen molar-refractivity contribution in [3.05, 3.63) is 58.7 Å². The molecule has 2 aliphatic heterocycles. The van der Waals surface area contributed by atoms with Gasteiger partial charge in [-0.1, -0.05) is 23.7 Å². The van der Waals surface area contributed by atoms with Gasteiger partial charge in [-0.05, 0) is 68.4 Å². The molecule has 2 saturated heterocycles. The normalized spacial score (nSPS) is 26.6. The summed E-state index contributed by atoms with van der Waals surface area (Å²) in [6, 6.07) is 14.6. The summed E-state index contributed by atoms with van der Waals surface area (Å²) >= 11 is 6.01. The van der Waals surface area contributed by atoms with Crippen LogP contribution in [0, 0.1) is 11.3 Å². The van der Waals surface area contributed by atoms with Crippen molar-refractivity contribution < 1.29 is 4.79 Å². The third-order valence-electron chi connectivity index (χ3n) is 6.79. The molecule has 1 N–H and O–H groups in total. The standard InChI is InChI=1S/C23H23ClN4O/c24-17-4-2-16(3-5-17)23(9-10-23)22(29)27-18-11-19-6-7-20(12-18)28(19)21-8-1-15(13-25)14-26-21/h1-5,8,14,18-20H,6-7,9-12H2,(H,27,29)/t18-,19+,20-. The maximum Gasteiger partial charge on any atom is 0.230 e. The Hall–Kier alpha value is -2.58. The van der Waals surface area contributed by atoms with Gasteiger partial charge in [0.2, 0.25) is 5.91 Å². The summed E-state index contributed by atoms with van der Waals surface area (Å²) in [5.74, 6) is 1.11. The number of nitrogens with one attached hydrogen (secondary N) is 1. The van der Waals surface area contributed by atoms with Gasteiger partial charge in [0.05, 0.1) is 11.0 Å². The van der Waals surface area contributed by atoms with E-state index in [0.717, 1.165) is 49.9 Å². The van der Waals surface area contributed by atoms with Gasteiger partial charge < -0.3 is 10.2 Å². The van der Waals surface area contributed by atoms with E-state index >= 15 is 0 Å². The lowest BCUT2D eigenvalue weighted by Crippen LogP contribution is -2.52. The van der Waals surface area contributed by atoms with Crippen molar-refractivity contribution in [3.63, 3.8) is 0 Å². The zero-order chi connectivity index (χ0) is 20.0. The van der Waals surface area contributed by atoms with E-state index in [9.17, 15) is 4.79 Å². The average Bonchev–Trinajstić information content (AvgIpc) is 3.50. The number of nitrogens with zero attached hydrogens (tertiary/aromatic N) is 3. The van der Waals surface area contributed by atoms with Gasteiger partial charge in [-0.3, -0.25) is 4.79 Å². The zero-order valence-electron chi connectivity index (χ0n) is 16.1. The number of rotatable bonds is 4. The summed E-state index contributed by atoms with van der Waals surface area (Å²) in [5.41, 5.74) is 1.29. The average molecular weight is 407 g/mol. The van der Waals surface area contributed by atoms with Crippen molar-refractivity contribution in [2.75, 3.05) is 4.90 Å². The fourth-order valence-corrected chi connectivity index (χ4v) is 5.26. The van der Waals surface area contributed by atoms with E-state index < -0.39 is 0 Å². The molecule has 3 aliphatic rings. The molecule has 1 amide bonds. The lowest BCUT2D eigenvalue weighted by Gasteiger charge is -2.40. The van der Waals surface area contributed by atoms with Crippen molar-refractivity contribution in [2.24, 2.45) is 0 Å². The Labute approximate surface area is 175 Å². The van der Waals surface area contributed by atoms with Gasteiger partial charge in [-0.2, -0.15) is 5.26 Å². The number of hydrogen-bond acceptors (Lipinski definition) is 4. The third-order valence-corrected chi connectivity index (χ3v) is 7.04. The number of nitriles is 1. The van der Waals surface area contributed by atoms with Gasteiger partial charge in [-0.15, -0.1) is 0 Å². The summed E-state index contributed by atoms with van der Waals surface area (Å²) < 4.78 is 0. The Morgan fingerprint density at radius 3 is 2.38 bits per heavy atom. The van der Waals surface area contributed by atoms with Crippen molar-refractivity contribution in [1.82, 2.24) is 10.3 Å².